The van der Waals surface area contributed by atoms with E-state index >= 15 is 0 Å². The predicted octanol–water partition coefficient (Wildman–Crippen LogP) is 3.87. The summed E-state index contributed by atoms with van der Waals surface area (Å²) in [4.78, 5) is 0. The highest BCUT2D eigenvalue weighted by Gasteiger charge is 2.12. The molecule has 1 unspecified atom stereocenters. The first-order chi connectivity index (χ1) is 9.20. The second-order valence-electron chi connectivity index (χ2n) is 4.48. The van der Waals surface area contributed by atoms with Crippen LogP contribution < -0.4 is 0 Å². The summed E-state index contributed by atoms with van der Waals surface area (Å²) in [5.41, 5.74) is 3.07. The van der Waals surface area contributed by atoms with Crippen LogP contribution in [0.5, 0.6) is 0 Å². The molecule has 0 spiro atoms. The zero-order valence-electron chi connectivity index (χ0n) is 10.8. The Labute approximate surface area is 122 Å². The molecule has 100 valence electrons. The lowest BCUT2D eigenvalue weighted by Gasteiger charge is -2.15. The first kappa shape index (κ1) is 14.3. The van der Waals surface area contributed by atoms with Gasteiger partial charge in [-0.15, -0.1) is 0 Å². The van der Waals surface area contributed by atoms with E-state index in [1.807, 2.05) is 48.5 Å². The van der Waals surface area contributed by atoms with Crippen LogP contribution in [0, 0.1) is 0 Å². The molecule has 0 aliphatic rings. The van der Waals surface area contributed by atoms with Crippen molar-refractivity contribution < 1.29 is 9.84 Å². The van der Waals surface area contributed by atoms with Crippen LogP contribution in [0.1, 0.15) is 22.8 Å². The fraction of sp³-hybridized carbons (Fsp3) is 0.250. The average Bonchev–Trinajstić information content (AvgIpc) is 2.39. The normalized spacial score (nSPS) is 12.4. The van der Waals surface area contributed by atoms with Crippen molar-refractivity contribution in [3.05, 3.63) is 69.7 Å². The van der Waals surface area contributed by atoms with Crippen LogP contribution >= 0.6 is 15.9 Å². The molecule has 0 amide bonds. The Morgan fingerprint density at radius 1 is 1.16 bits per heavy atom. The first-order valence-electron chi connectivity index (χ1n) is 6.20. The van der Waals surface area contributed by atoms with E-state index in [1.165, 1.54) is 0 Å². The molecule has 0 radical (unpaired) electrons. The van der Waals surface area contributed by atoms with Crippen molar-refractivity contribution >= 4 is 15.9 Å². The van der Waals surface area contributed by atoms with E-state index in [2.05, 4.69) is 15.9 Å². The maximum atomic E-state index is 10.4. The van der Waals surface area contributed by atoms with Crippen LogP contribution in [0.3, 0.4) is 0 Å². The third kappa shape index (κ3) is 3.90. The molecule has 3 heteroatoms. The van der Waals surface area contributed by atoms with Gasteiger partial charge in [0.1, 0.15) is 0 Å². The van der Waals surface area contributed by atoms with Crippen LogP contribution in [0.25, 0.3) is 0 Å². The number of hydrogen-bond donors (Lipinski definition) is 1. The monoisotopic (exact) mass is 320 g/mol. The first-order valence-corrected chi connectivity index (χ1v) is 6.99. The van der Waals surface area contributed by atoms with Crippen molar-refractivity contribution in [3.63, 3.8) is 0 Å². The van der Waals surface area contributed by atoms with E-state index < -0.39 is 6.10 Å². The lowest BCUT2D eigenvalue weighted by atomic mass is 9.97. The molecule has 0 saturated heterocycles. The minimum Gasteiger partial charge on any atom is -0.388 e. The van der Waals surface area contributed by atoms with Crippen molar-refractivity contribution in [1.82, 2.24) is 0 Å². The van der Waals surface area contributed by atoms with Crippen LogP contribution in [0.15, 0.2) is 53.0 Å². The smallest absolute Gasteiger partial charge is 0.0833 e. The molecule has 0 bridgehead atoms. The van der Waals surface area contributed by atoms with E-state index in [4.69, 9.17) is 4.74 Å². The lowest BCUT2D eigenvalue weighted by Crippen LogP contribution is -2.06. The third-order valence-electron chi connectivity index (χ3n) is 3.03. The summed E-state index contributed by atoms with van der Waals surface area (Å²) in [6.07, 6.45) is 0.0841. The number of methoxy groups -OCH3 is 1. The van der Waals surface area contributed by atoms with Gasteiger partial charge < -0.3 is 9.84 Å². The zero-order chi connectivity index (χ0) is 13.7. The van der Waals surface area contributed by atoms with Gasteiger partial charge >= 0.3 is 0 Å². The van der Waals surface area contributed by atoms with Crippen molar-refractivity contribution in [2.75, 3.05) is 7.11 Å². The Bertz CT molecular complexity index is 540. The zero-order valence-corrected chi connectivity index (χ0v) is 12.4. The molecular weight excluding hydrogens is 304 g/mol. The Morgan fingerprint density at radius 2 is 1.95 bits per heavy atom. The van der Waals surface area contributed by atoms with Crippen LogP contribution in [-0.2, 0) is 17.8 Å². The number of benzene rings is 2. The molecule has 0 aliphatic heterocycles. The molecule has 0 fully saturated rings. The van der Waals surface area contributed by atoms with E-state index in [-0.39, 0.29) is 0 Å². The fourth-order valence-electron chi connectivity index (χ4n) is 2.14. The number of hydrogen-bond acceptors (Lipinski definition) is 2. The van der Waals surface area contributed by atoms with Crippen molar-refractivity contribution in [2.45, 2.75) is 19.1 Å². The van der Waals surface area contributed by atoms with Gasteiger partial charge in [-0.25, -0.2) is 0 Å². The molecule has 1 N–H and O–H groups in total. The predicted molar refractivity (Wildman–Crippen MR) is 80.0 cm³/mol. The van der Waals surface area contributed by atoms with Gasteiger partial charge in [0.2, 0.25) is 0 Å². The largest absolute Gasteiger partial charge is 0.388 e. The summed E-state index contributed by atoms with van der Waals surface area (Å²) in [6.45, 7) is 0.520. The molecule has 0 heterocycles. The summed E-state index contributed by atoms with van der Waals surface area (Å²) >= 11 is 3.45. The second-order valence-corrected chi connectivity index (χ2v) is 5.40. The van der Waals surface area contributed by atoms with Crippen molar-refractivity contribution in [1.29, 1.82) is 0 Å². The number of rotatable bonds is 5. The topological polar surface area (TPSA) is 29.5 Å². The molecule has 2 rings (SSSR count). The molecule has 0 aliphatic carbocycles. The maximum absolute atomic E-state index is 10.4. The quantitative estimate of drug-likeness (QED) is 0.906. The number of ether oxygens (including phenoxy) is 1. The van der Waals surface area contributed by atoms with Crippen molar-refractivity contribution in [3.8, 4) is 0 Å². The van der Waals surface area contributed by atoms with Crippen LogP contribution in [-0.4, -0.2) is 12.2 Å². The Balaban J connectivity index is 2.17. The Morgan fingerprint density at radius 3 is 2.68 bits per heavy atom. The van der Waals surface area contributed by atoms with E-state index in [0.717, 1.165) is 21.2 Å². The molecule has 0 saturated carbocycles. The highest BCUT2D eigenvalue weighted by molar-refractivity contribution is 9.10. The van der Waals surface area contributed by atoms with Gasteiger partial charge in [-0.3, -0.25) is 0 Å². The highest BCUT2D eigenvalue weighted by atomic mass is 79.9. The highest BCUT2D eigenvalue weighted by Crippen LogP contribution is 2.23. The average molecular weight is 321 g/mol. The Kier molecular flexibility index (Phi) is 5.14. The van der Waals surface area contributed by atoms with Gasteiger partial charge in [-0.2, -0.15) is 0 Å². The fourth-order valence-corrected chi connectivity index (χ4v) is 2.59. The minimum absolute atomic E-state index is 0.513. The molecule has 2 aromatic carbocycles. The van der Waals surface area contributed by atoms with Gasteiger partial charge in [-0.1, -0.05) is 52.3 Å². The van der Waals surface area contributed by atoms with Gasteiger partial charge in [-0.05, 0) is 28.8 Å². The molecule has 0 aromatic heterocycles. The molecular formula is C16H17BrO2. The van der Waals surface area contributed by atoms with Gasteiger partial charge in [0.25, 0.3) is 0 Å². The number of aliphatic hydroxyl groups excluding tert-OH is 1. The summed E-state index contributed by atoms with van der Waals surface area (Å²) in [5, 5.41) is 10.4. The summed E-state index contributed by atoms with van der Waals surface area (Å²) in [7, 11) is 1.66. The standard InChI is InChI=1S/C16H17BrO2/c1-19-11-13-6-2-3-8-15(13)16(18)10-12-5-4-7-14(17)9-12/h2-9,16,18H,10-11H2,1H3. The number of halogens is 1. The summed E-state index contributed by atoms with van der Waals surface area (Å²) in [6, 6.07) is 15.9. The van der Waals surface area contributed by atoms with E-state index in [0.29, 0.717) is 13.0 Å². The SMILES string of the molecule is COCc1ccccc1C(O)Cc1cccc(Br)c1. The van der Waals surface area contributed by atoms with Gasteiger partial charge in [0.15, 0.2) is 0 Å². The molecule has 2 nitrogen and oxygen atoms in total. The number of aliphatic hydroxyl groups is 1. The van der Waals surface area contributed by atoms with E-state index in [9.17, 15) is 5.11 Å². The van der Waals surface area contributed by atoms with Gasteiger partial charge in [0, 0.05) is 18.0 Å². The minimum atomic E-state index is -0.513. The molecule has 2 aromatic rings. The lowest BCUT2D eigenvalue weighted by molar-refractivity contribution is 0.161. The summed E-state index contributed by atoms with van der Waals surface area (Å²) in [5.74, 6) is 0. The Hall–Kier alpha value is -1.16. The van der Waals surface area contributed by atoms with Crippen LogP contribution in [0.2, 0.25) is 0 Å². The van der Waals surface area contributed by atoms with E-state index in [1.54, 1.807) is 7.11 Å². The second kappa shape index (κ2) is 6.85. The molecule has 1 atom stereocenters. The molecule has 19 heavy (non-hydrogen) atoms. The third-order valence-corrected chi connectivity index (χ3v) is 3.53. The maximum Gasteiger partial charge on any atom is 0.0833 e. The van der Waals surface area contributed by atoms with Gasteiger partial charge in [0.05, 0.1) is 12.7 Å². The van der Waals surface area contributed by atoms with Crippen molar-refractivity contribution in [2.24, 2.45) is 0 Å². The van der Waals surface area contributed by atoms with Crippen LogP contribution in [0.4, 0.5) is 0 Å². The summed E-state index contributed by atoms with van der Waals surface area (Å²) < 4.78 is 6.20.